The topological polar surface area (TPSA) is 83.5 Å². The molecule has 2 aliphatic rings. The first-order chi connectivity index (χ1) is 13.1. The Morgan fingerprint density at radius 3 is 2.78 bits per heavy atom. The molecule has 2 heterocycles. The van der Waals surface area contributed by atoms with Gasteiger partial charge in [-0.3, -0.25) is 4.79 Å². The SMILES string of the molecule is COc1ccc(OC)c([C@@H]2CCCN2C(=O)COC(=O)C2=COCCO2)c1. The maximum absolute atomic E-state index is 12.7. The van der Waals surface area contributed by atoms with Gasteiger partial charge in [-0.1, -0.05) is 0 Å². The lowest BCUT2D eigenvalue weighted by Crippen LogP contribution is -2.34. The van der Waals surface area contributed by atoms with Gasteiger partial charge in [0.1, 0.15) is 31.0 Å². The van der Waals surface area contributed by atoms with E-state index in [9.17, 15) is 9.59 Å². The van der Waals surface area contributed by atoms with E-state index in [1.54, 1.807) is 19.1 Å². The number of hydrogen-bond acceptors (Lipinski definition) is 7. The van der Waals surface area contributed by atoms with E-state index in [0.29, 0.717) is 24.7 Å². The molecule has 0 N–H and O–H groups in total. The Balaban J connectivity index is 1.68. The van der Waals surface area contributed by atoms with Crippen molar-refractivity contribution < 1.29 is 33.3 Å². The Kier molecular flexibility index (Phi) is 6.05. The van der Waals surface area contributed by atoms with Crippen LogP contribution in [0, 0.1) is 0 Å². The first-order valence-corrected chi connectivity index (χ1v) is 8.77. The maximum atomic E-state index is 12.7. The van der Waals surface area contributed by atoms with Crippen LogP contribution in [0.1, 0.15) is 24.4 Å². The third-order valence-electron chi connectivity index (χ3n) is 4.55. The van der Waals surface area contributed by atoms with Crippen LogP contribution in [0.25, 0.3) is 0 Å². The fraction of sp³-hybridized carbons (Fsp3) is 0.474. The molecule has 0 aliphatic carbocycles. The summed E-state index contributed by atoms with van der Waals surface area (Å²) in [6.45, 7) is 0.887. The molecular weight excluding hydrogens is 354 g/mol. The highest BCUT2D eigenvalue weighted by atomic mass is 16.6. The highest BCUT2D eigenvalue weighted by Crippen LogP contribution is 2.38. The minimum atomic E-state index is -0.710. The van der Waals surface area contributed by atoms with Gasteiger partial charge in [0.15, 0.2) is 6.61 Å². The molecule has 0 spiro atoms. The van der Waals surface area contributed by atoms with Crippen LogP contribution in [0.3, 0.4) is 0 Å². The normalized spacial score (nSPS) is 18.8. The second-order valence-electron chi connectivity index (χ2n) is 6.13. The Hall–Kier alpha value is -2.90. The zero-order valence-electron chi connectivity index (χ0n) is 15.4. The number of methoxy groups -OCH3 is 2. The van der Waals surface area contributed by atoms with Gasteiger partial charge in [-0.05, 0) is 31.0 Å². The number of benzene rings is 1. The lowest BCUT2D eigenvalue weighted by atomic mass is 10.0. The highest BCUT2D eigenvalue weighted by Gasteiger charge is 2.33. The number of hydrogen-bond donors (Lipinski definition) is 0. The Morgan fingerprint density at radius 1 is 1.22 bits per heavy atom. The minimum Gasteiger partial charge on any atom is -0.497 e. The average Bonchev–Trinajstić information content (AvgIpc) is 3.21. The first kappa shape index (κ1) is 18.9. The number of esters is 1. The quantitative estimate of drug-likeness (QED) is 0.699. The molecule has 8 nitrogen and oxygen atoms in total. The molecule has 1 fully saturated rings. The fourth-order valence-corrected chi connectivity index (χ4v) is 3.25. The molecule has 1 atom stereocenters. The molecule has 0 radical (unpaired) electrons. The van der Waals surface area contributed by atoms with Crippen LogP contribution < -0.4 is 9.47 Å². The van der Waals surface area contributed by atoms with Crippen LogP contribution in [0.4, 0.5) is 0 Å². The lowest BCUT2D eigenvalue weighted by Gasteiger charge is -2.26. The summed E-state index contributed by atoms with van der Waals surface area (Å²) in [5.74, 6) is 0.376. The van der Waals surface area contributed by atoms with E-state index < -0.39 is 5.97 Å². The second-order valence-corrected chi connectivity index (χ2v) is 6.13. The predicted octanol–water partition coefficient (Wildman–Crippen LogP) is 1.80. The largest absolute Gasteiger partial charge is 0.497 e. The van der Waals surface area contributed by atoms with E-state index in [1.807, 2.05) is 18.2 Å². The molecule has 27 heavy (non-hydrogen) atoms. The van der Waals surface area contributed by atoms with E-state index >= 15 is 0 Å². The van der Waals surface area contributed by atoms with Crippen molar-refractivity contribution in [3.8, 4) is 11.5 Å². The molecule has 2 aliphatic heterocycles. The molecule has 146 valence electrons. The summed E-state index contributed by atoms with van der Waals surface area (Å²) in [5, 5.41) is 0. The number of carbonyl (C=O) groups is 2. The van der Waals surface area contributed by atoms with Crippen LogP contribution >= 0.6 is 0 Å². The van der Waals surface area contributed by atoms with E-state index in [-0.39, 0.29) is 30.9 Å². The standard InChI is InChI=1S/C19H23NO7/c1-23-13-5-6-16(24-2)14(10-13)15-4-3-7-20(15)18(21)12-27-19(22)17-11-25-8-9-26-17/h5-6,10-11,15H,3-4,7-9,12H2,1-2H3/t15-/m0/s1. The van der Waals surface area contributed by atoms with Gasteiger partial charge in [-0.25, -0.2) is 4.79 Å². The maximum Gasteiger partial charge on any atom is 0.377 e. The van der Waals surface area contributed by atoms with Gasteiger partial charge in [0.25, 0.3) is 5.91 Å². The van der Waals surface area contributed by atoms with Crippen molar-refractivity contribution in [3.63, 3.8) is 0 Å². The van der Waals surface area contributed by atoms with Crippen molar-refractivity contribution in [2.75, 3.05) is 40.6 Å². The van der Waals surface area contributed by atoms with E-state index in [2.05, 4.69) is 0 Å². The Bertz CT molecular complexity index is 731. The van der Waals surface area contributed by atoms with Crippen molar-refractivity contribution in [2.45, 2.75) is 18.9 Å². The zero-order chi connectivity index (χ0) is 19.2. The summed E-state index contributed by atoms with van der Waals surface area (Å²) < 4.78 is 26.0. The van der Waals surface area contributed by atoms with Crippen LogP contribution in [-0.4, -0.2) is 57.4 Å². The summed E-state index contributed by atoms with van der Waals surface area (Å²) in [6, 6.07) is 5.35. The van der Waals surface area contributed by atoms with Gasteiger partial charge in [0.05, 0.1) is 20.3 Å². The molecule has 3 rings (SSSR count). The number of ether oxygens (including phenoxy) is 5. The molecule has 8 heteroatoms. The van der Waals surface area contributed by atoms with Gasteiger partial charge >= 0.3 is 5.97 Å². The Labute approximate surface area is 157 Å². The first-order valence-electron chi connectivity index (χ1n) is 8.77. The molecule has 1 aromatic carbocycles. The monoisotopic (exact) mass is 377 g/mol. The molecule has 1 aromatic rings. The van der Waals surface area contributed by atoms with Crippen LogP contribution in [0.2, 0.25) is 0 Å². The predicted molar refractivity (Wildman–Crippen MR) is 94.2 cm³/mol. The smallest absolute Gasteiger partial charge is 0.377 e. The van der Waals surface area contributed by atoms with Gasteiger partial charge in [-0.2, -0.15) is 0 Å². The fourth-order valence-electron chi connectivity index (χ4n) is 3.25. The third-order valence-corrected chi connectivity index (χ3v) is 4.55. The summed E-state index contributed by atoms with van der Waals surface area (Å²) >= 11 is 0. The minimum absolute atomic E-state index is 0.0264. The van der Waals surface area contributed by atoms with Crippen LogP contribution in [0.5, 0.6) is 11.5 Å². The summed E-state index contributed by atoms with van der Waals surface area (Å²) in [5.41, 5.74) is 0.876. The van der Waals surface area contributed by atoms with Crippen molar-refractivity contribution in [2.24, 2.45) is 0 Å². The molecule has 0 aromatic heterocycles. The summed E-state index contributed by atoms with van der Waals surface area (Å²) in [6.07, 6.45) is 2.86. The number of nitrogens with zero attached hydrogens (tertiary/aromatic N) is 1. The number of amides is 1. The van der Waals surface area contributed by atoms with E-state index in [1.165, 1.54) is 6.26 Å². The summed E-state index contributed by atoms with van der Waals surface area (Å²) in [4.78, 5) is 26.3. The van der Waals surface area contributed by atoms with Crippen LogP contribution in [0.15, 0.2) is 30.2 Å². The summed E-state index contributed by atoms with van der Waals surface area (Å²) in [7, 11) is 3.18. The molecule has 0 saturated carbocycles. The lowest BCUT2D eigenvalue weighted by molar-refractivity contribution is -0.153. The van der Waals surface area contributed by atoms with Gasteiger partial charge in [0, 0.05) is 12.1 Å². The van der Waals surface area contributed by atoms with Crippen molar-refractivity contribution in [1.29, 1.82) is 0 Å². The second kappa shape index (κ2) is 8.66. The Morgan fingerprint density at radius 2 is 2.07 bits per heavy atom. The number of carbonyl (C=O) groups excluding carboxylic acids is 2. The third kappa shape index (κ3) is 4.27. The van der Waals surface area contributed by atoms with Crippen LogP contribution in [-0.2, 0) is 23.8 Å². The van der Waals surface area contributed by atoms with Gasteiger partial charge < -0.3 is 28.6 Å². The zero-order valence-corrected chi connectivity index (χ0v) is 15.4. The average molecular weight is 377 g/mol. The molecular formula is C19H23NO7. The van der Waals surface area contributed by atoms with Gasteiger partial charge in [-0.15, -0.1) is 0 Å². The number of likely N-dealkylation sites (tertiary alicyclic amines) is 1. The number of rotatable bonds is 6. The van der Waals surface area contributed by atoms with E-state index in [4.69, 9.17) is 23.7 Å². The van der Waals surface area contributed by atoms with Crippen molar-refractivity contribution in [3.05, 3.63) is 35.8 Å². The van der Waals surface area contributed by atoms with E-state index in [0.717, 1.165) is 18.4 Å². The van der Waals surface area contributed by atoms with Gasteiger partial charge in [0.2, 0.25) is 5.76 Å². The molecule has 0 unspecified atom stereocenters. The molecule has 1 saturated heterocycles. The van der Waals surface area contributed by atoms with Crippen molar-refractivity contribution in [1.82, 2.24) is 4.90 Å². The van der Waals surface area contributed by atoms with Crippen molar-refractivity contribution >= 4 is 11.9 Å². The highest BCUT2D eigenvalue weighted by molar-refractivity contribution is 5.88. The molecule has 1 amide bonds. The molecule has 0 bridgehead atoms.